The van der Waals surface area contributed by atoms with Crippen LogP contribution in [0, 0.1) is 0 Å². The number of halogens is 1. The van der Waals surface area contributed by atoms with Gasteiger partial charge in [-0.3, -0.25) is 5.01 Å². The predicted molar refractivity (Wildman–Crippen MR) is 92.4 cm³/mol. The molecule has 2 amide bonds. The fraction of sp³-hybridized carbons (Fsp3) is 0.118. The van der Waals surface area contributed by atoms with E-state index in [0.29, 0.717) is 27.6 Å². The number of rotatable bonds is 1. The van der Waals surface area contributed by atoms with Crippen LogP contribution in [0.2, 0.25) is 5.02 Å². The average Bonchev–Trinajstić information content (AvgIpc) is 3.00. The second-order valence-electron chi connectivity index (χ2n) is 5.45. The van der Waals surface area contributed by atoms with Crippen LogP contribution in [0.15, 0.2) is 48.5 Å². The third kappa shape index (κ3) is 2.40. The van der Waals surface area contributed by atoms with E-state index < -0.39 is 12.1 Å². The molecule has 0 saturated heterocycles. The monoisotopic (exact) mass is 356 g/mol. The Labute approximate surface area is 147 Å². The van der Waals surface area contributed by atoms with Crippen LogP contribution < -0.4 is 5.01 Å². The zero-order valence-corrected chi connectivity index (χ0v) is 14.0. The highest BCUT2D eigenvalue weighted by molar-refractivity contribution is 6.30. The van der Waals surface area contributed by atoms with Gasteiger partial charge >= 0.3 is 12.1 Å². The topological polar surface area (TPSA) is 67.7 Å². The van der Waals surface area contributed by atoms with Gasteiger partial charge in [-0.05, 0) is 36.4 Å². The molecule has 0 saturated carbocycles. The van der Waals surface area contributed by atoms with Crippen molar-refractivity contribution in [3.8, 4) is 0 Å². The summed E-state index contributed by atoms with van der Waals surface area (Å²) < 4.78 is 6.23. The summed E-state index contributed by atoms with van der Waals surface area (Å²) in [7, 11) is 1.23. The van der Waals surface area contributed by atoms with Crippen molar-refractivity contribution in [3.63, 3.8) is 0 Å². The van der Waals surface area contributed by atoms with E-state index in [0.717, 1.165) is 5.01 Å². The van der Waals surface area contributed by atoms with Gasteiger partial charge in [-0.1, -0.05) is 23.7 Å². The van der Waals surface area contributed by atoms with Crippen molar-refractivity contribution in [2.45, 2.75) is 6.54 Å². The summed E-state index contributed by atoms with van der Waals surface area (Å²) in [6.07, 6.45) is -0.775. The molecule has 0 bridgehead atoms. The van der Waals surface area contributed by atoms with Gasteiger partial charge in [-0.2, -0.15) is 0 Å². The average molecular weight is 357 g/mol. The molecule has 25 heavy (non-hydrogen) atoms. The highest BCUT2D eigenvalue weighted by atomic mass is 35.5. The predicted octanol–water partition coefficient (Wildman–Crippen LogP) is 3.66. The Balaban J connectivity index is 1.88. The van der Waals surface area contributed by atoms with Crippen molar-refractivity contribution in [2.24, 2.45) is 0 Å². The van der Waals surface area contributed by atoms with Crippen LogP contribution in [0.4, 0.5) is 15.3 Å². The molecule has 1 aliphatic heterocycles. The van der Waals surface area contributed by atoms with Gasteiger partial charge in [-0.15, -0.1) is 5.01 Å². The van der Waals surface area contributed by atoms with Crippen molar-refractivity contribution < 1.29 is 14.3 Å². The van der Waals surface area contributed by atoms with Crippen molar-refractivity contribution in [3.05, 3.63) is 59.4 Å². The molecule has 1 aromatic heterocycles. The number of fused-ring (bicyclic) bond motifs is 3. The largest absolute Gasteiger partial charge is 0.451 e. The van der Waals surface area contributed by atoms with E-state index in [-0.39, 0.29) is 6.54 Å². The van der Waals surface area contributed by atoms with Gasteiger partial charge in [0.2, 0.25) is 0 Å². The van der Waals surface area contributed by atoms with Crippen LogP contribution in [-0.4, -0.2) is 33.8 Å². The first kappa shape index (κ1) is 15.5. The molecule has 7 nitrogen and oxygen atoms in total. The molecule has 4 rings (SSSR count). The number of aromatic nitrogens is 2. The molecule has 126 valence electrons. The SMILES string of the molecule is COC(=O)N1C(=O)n2c(nc3ccccc32)CN1c1ccc(Cl)cc1. The second-order valence-corrected chi connectivity index (χ2v) is 5.89. The first-order chi connectivity index (χ1) is 12.1. The summed E-state index contributed by atoms with van der Waals surface area (Å²) in [6.45, 7) is 0.233. The quantitative estimate of drug-likeness (QED) is 0.665. The van der Waals surface area contributed by atoms with Crippen LogP contribution in [0.25, 0.3) is 11.0 Å². The third-order valence-electron chi connectivity index (χ3n) is 4.01. The molecule has 0 unspecified atom stereocenters. The summed E-state index contributed by atoms with van der Waals surface area (Å²) in [5, 5.41) is 3.04. The lowest BCUT2D eigenvalue weighted by atomic mass is 10.3. The molecule has 0 atom stereocenters. The normalized spacial score (nSPS) is 13.9. The van der Waals surface area contributed by atoms with E-state index in [1.807, 2.05) is 18.2 Å². The van der Waals surface area contributed by atoms with E-state index >= 15 is 0 Å². The van der Waals surface area contributed by atoms with E-state index in [1.165, 1.54) is 16.7 Å². The molecule has 0 aliphatic carbocycles. The fourth-order valence-electron chi connectivity index (χ4n) is 2.88. The number of carbonyl (C=O) groups is 2. The maximum atomic E-state index is 13.0. The lowest BCUT2D eigenvalue weighted by Crippen LogP contribution is -2.55. The van der Waals surface area contributed by atoms with Crippen LogP contribution in [0.3, 0.4) is 0 Å². The smallest absolute Gasteiger partial charge is 0.437 e. The first-order valence-corrected chi connectivity index (χ1v) is 7.89. The molecule has 3 aromatic rings. The molecule has 0 radical (unpaired) electrons. The Hall–Kier alpha value is -3.06. The third-order valence-corrected chi connectivity index (χ3v) is 4.26. The van der Waals surface area contributed by atoms with Crippen molar-refractivity contribution in [1.29, 1.82) is 0 Å². The number of ether oxygens (including phenoxy) is 1. The minimum absolute atomic E-state index is 0.233. The van der Waals surface area contributed by atoms with Gasteiger partial charge in [0.05, 0.1) is 30.4 Å². The van der Waals surface area contributed by atoms with E-state index in [4.69, 9.17) is 16.3 Å². The number of para-hydroxylation sites is 2. The summed E-state index contributed by atoms with van der Waals surface area (Å²) in [4.78, 5) is 29.8. The lowest BCUT2D eigenvalue weighted by molar-refractivity contribution is 0.121. The summed E-state index contributed by atoms with van der Waals surface area (Å²) in [5.74, 6) is 0.543. The number of amides is 2. The Morgan fingerprint density at radius 1 is 1.16 bits per heavy atom. The molecule has 0 fully saturated rings. The standard InChI is InChI=1S/C17H13ClN4O3/c1-25-17(24)22-16(23)21-14-5-3-2-4-13(14)19-15(21)10-20(22)12-8-6-11(18)7-9-12/h2-9H,10H2,1H3. The zero-order valence-electron chi connectivity index (χ0n) is 13.2. The number of hydrogen-bond acceptors (Lipinski definition) is 5. The minimum atomic E-state index is -0.775. The Morgan fingerprint density at radius 3 is 2.60 bits per heavy atom. The molecule has 0 spiro atoms. The molecule has 0 N–H and O–H groups in total. The number of imidazole rings is 1. The lowest BCUT2D eigenvalue weighted by Gasteiger charge is -2.37. The first-order valence-electron chi connectivity index (χ1n) is 7.52. The minimum Gasteiger partial charge on any atom is -0.451 e. The van der Waals surface area contributed by atoms with Crippen LogP contribution >= 0.6 is 11.6 Å². The Bertz CT molecular complexity index is 983. The van der Waals surface area contributed by atoms with E-state index in [9.17, 15) is 9.59 Å². The summed E-state index contributed by atoms with van der Waals surface area (Å²) >= 11 is 5.93. The van der Waals surface area contributed by atoms with Gasteiger partial charge < -0.3 is 4.74 Å². The molecule has 2 aromatic carbocycles. The summed E-state index contributed by atoms with van der Waals surface area (Å²) in [5.41, 5.74) is 1.96. The molecule has 8 heteroatoms. The van der Waals surface area contributed by atoms with E-state index in [2.05, 4.69) is 4.98 Å². The number of anilines is 1. The number of nitrogens with zero attached hydrogens (tertiary/aromatic N) is 4. The van der Waals surface area contributed by atoms with Gasteiger partial charge in [0.15, 0.2) is 0 Å². The maximum Gasteiger partial charge on any atom is 0.437 e. The van der Waals surface area contributed by atoms with Crippen molar-refractivity contribution >= 4 is 40.4 Å². The number of carbonyl (C=O) groups excluding carboxylic acids is 2. The highest BCUT2D eigenvalue weighted by Gasteiger charge is 2.38. The van der Waals surface area contributed by atoms with Crippen molar-refractivity contribution in [1.82, 2.24) is 14.6 Å². The van der Waals surface area contributed by atoms with E-state index in [1.54, 1.807) is 30.3 Å². The maximum absolute atomic E-state index is 13.0. The van der Waals surface area contributed by atoms with Crippen LogP contribution in [0.1, 0.15) is 5.82 Å². The Kier molecular flexibility index (Phi) is 3.58. The van der Waals surface area contributed by atoms with Gasteiger partial charge in [0.1, 0.15) is 5.82 Å². The van der Waals surface area contributed by atoms with Crippen LogP contribution in [-0.2, 0) is 11.3 Å². The molecule has 1 aliphatic rings. The molecular formula is C17H13ClN4O3. The van der Waals surface area contributed by atoms with Gasteiger partial charge in [0, 0.05) is 5.02 Å². The number of hydrazine groups is 1. The molecule has 2 heterocycles. The van der Waals surface area contributed by atoms with Crippen LogP contribution in [0.5, 0.6) is 0 Å². The van der Waals surface area contributed by atoms with Crippen molar-refractivity contribution in [2.75, 3.05) is 12.1 Å². The summed E-state index contributed by atoms with van der Waals surface area (Å²) in [6, 6.07) is 13.6. The highest BCUT2D eigenvalue weighted by Crippen LogP contribution is 2.29. The van der Waals surface area contributed by atoms with Gasteiger partial charge in [0.25, 0.3) is 0 Å². The zero-order chi connectivity index (χ0) is 17.6. The van der Waals surface area contributed by atoms with Gasteiger partial charge in [-0.25, -0.2) is 19.1 Å². The number of hydrogen-bond donors (Lipinski definition) is 0. The number of benzene rings is 2. The number of methoxy groups -OCH3 is 1. The molecular weight excluding hydrogens is 344 g/mol. The second kappa shape index (κ2) is 5.78. The Morgan fingerprint density at radius 2 is 1.88 bits per heavy atom. The number of imide groups is 1. The fourth-order valence-corrected chi connectivity index (χ4v) is 3.01.